The normalized spacial score (nSPS) is 18.8. The molecule has 3 nitrogen and oxygen atoms in total. The molecule has 0 fully saturated rings. The zero-order valence-corrected chi connectivity index (χ0v) is 16.3. The van der Waals surface area contributed by atoms with Crippen LogP contribution in [0.25, 0.3) is 0 Å². The van der Waals surface area contributed by atoms with Crippen molar-refractivity contribution in [2.24, 2.45) is 5.41 Å². The number of carbonyl (C=O) groups excluding carboxylic acids is 1. The highest BCUT2D eigenvalue weighted by Gasteiger charge is 2.45. The van der Waals surface area contributed by atoms with E-state index < -0.39 is 5.60 Å². The predicted molar refractivity (Wildman–Crippen MR) is 102 cm³/mol. The molecule has 0 amide bonds. The maximum Gasteiger partial charge on any atom is 0.338 e. The van der Waals surface area contributed by atoms with Crippen molar-refractivity contribution >= 4 is 5.97 Å². The maximum atomic E-state index is 13.0. The summed E-state index contributed by atoms with van der Waals surface area (Å²) in [4.78, 5) is 13.0. The van der Waals surface area contributed by atoms with Gasteiger partial charge in [-0.1, -0.05) is 77.8 Å². The molecule has 0 spiro atoms. The first-order valence-corrected chi connectivity index (χ1v) is 9.44. The van der Waals surface area contributed by atoms with Gasteiger partial charge in [-0.05, 0) is 23.8 Å². The topological polar surface area (TPSA) is 46.5 Å². The number of hydrogen-bond acceptors (Lipinski definition) is 3. The van der Waals surface area contributed by atoms with Gasteiger partial charge in [0, 0.05) is 12.3 Å². The molecule has 0 bridgehead atoms. The fourth-order valence-corrected chi connectivity index (χ4v) is 4.15. The van der Waals surface area contributed by atoms with Crippen molar-refractivity contribution in [3.8, 4) is 0 Å². The van der Waals surface area contributed by atoms with Crippen LogP contribution in [0.15, 0.2) is 41.7 Å². The highest BCUT2D eigenvalue weighted by Crippen LogP contribution is 2.46. The van der Waals surface area contributed by atoms with Gasteiger partial charge in [0.15, 0.2) is 0 Å². The number of carbonyl (C=O) groups is 1. The summed E-state index contributed by atoms with van der Waals surface area (Å²) in [6.45, 7) is 10.5. The van der Waals surface area contributed by atoms with Gasteiger partial charge in [-0.3, -0.25) is 0 Å². The predicted octanol–water partition coefficient (Wildman–Crippen LogP) is 5.91. The molecule has 3 heteroatoms. The quantitative estimate of drug-likeness (QED) is 0.652. The molecule has 1 atom stereocenters. The van der Waals surface area contributed by atoms with Crippen molar-refractivity contribution in [2.75, 3.05) is 0 Å². The molecule has 0 saturated heterocycles. The minimum atomic E-state index is -0.548. The number of cyclic esters (lactones) is 1. The molecule has 1 aliphatic rings. The monoisotopic (exact) mass is 344 g/mol. The van der Waals surface area contributed by atoms with Gasteiger partial charge in [-0.25, -0.2) is 4.79 Å². The summed E-state index contributed by atoms with van der Waals surface area (Å²) in [6.07, 6.45) is 3.86. The number of aliphatic hydroxyl groups is 1. The Bertz CT molecular complexity index is 616. The Morgan fingerprint density at radius 1 is 1.12 bits per heavy atom. The number of hydrogen-bond donors (Lipinski definition) is 1. The largest absolute Gasteiger partial charge is 0.512 e. The van der Waals surface area contributed by atoms with E-state index in [-0.39, 0.29) is 23.1 Å². The Labute approximate surface area is 152 Å². The molecule has 1 aromatic rings. The Balaban J connectivity index is 2.50. The molecular weight excluding hydrogens is 312 g/mol. The van der Waals surface area contributed by atoms with E-state index in [0.717, 1.165) is 31.2 Å². The van der Waals surface area contributed by atoms with Crippen LogP contribution in [0.3, 0.4) is 0 Å². The molecular formula is C22H32O3. The summed E-state index contributed by atoms with van der Waals surface area (Å²) in [7, 11) is 0. The van der Waals surface area contributed by atoms with E-state index in [9.17, 15) is 9.90 Å². The van der Waals surface area contributed by atoms with E-state index in [4.69, 9.17) is 4.74 Å². The lowest BCUT2D eigenvalue weighted by Crippen LogP contribution is -2.42. The van der Waals surface area contributed by atoms with Crippen LogP contribution < -0.4 is 0 Å². The third-order valence-electron chi connectivity index (χ3n) is 5.03. The Morgan fingerprint density at radius 2 is 1.68 bits per heavy atom. The van der Waals surface area contributed by atoms with Gasteiger partial charge in [0.2, 0.25) is 0 Å². The lowest BCUT2D eigenvalue weighted by atomic mass is 9.70. The summed E-state index contributed by atoms with van der Waals surface area (Å²) in [5.41, 5.74) is 0.709. The van der Waals surface area contributed by atoms with Crippen LogP contribution in [0.4, 0.5) is 0 Å². The molecule has 138 valence electrons. The van der Waals surface area contributed by atoms with Crippen molar-refractivity contribution < 1.29 is 14.6 Å². The van der Waals surface area contributed by atoms with Crippen LogP contribution in [-0.2, 0) is 9.53 Å². The van der Waals surface area contributed by atoms with Crippen LogP contribution in [0.2, 0.25) is 0 Å². The molecule has 0 aliphatic carbocycles. The van der Waals surface area contributed by atoms with Crippen molar-refractivity contribution in [2.45, 2.75) is 78.2 Å². The van der Waals surface area contributed by atoms with E-state index in [0.29, 0.717) is 12.0 Å². The Kier molecular flexibility index (Phi) is 5.97. The van der Waals surface area contributed by atoms with Crippen LogP contribution in [-0.4, -0.2) is 16.7 Å². The fraction of sp³-hybridized carbons (Fsp3) is 0.591. The van der Waals surface area contributed by atoms with Gasteiger partial charge in [0.25, 0.3) is 0 Å². The van der Waals surface area contributed by atoms with Gasteiger partial charge in [0.05, 0.1) is 5.57 Å². The maximum absolute atomic E-state index is 13.0. The highest BCUT2D eigenvalue weighted by atomic mass is 16.6. The number of rotatable bonds is 6. The summed E-state index contributed by atoms with van der Waals surface area (Å²) in [6, 6.07) is 9.94. The SMILES string of the molecule is CCCC1(CCC)CC(O)=C(C(c2ccccc2)C(C)(C)C)C(=O)O1. The Morgan fingerprint density at radius 3 is 2.12 bits per heavy atom. The minimum absolute atomic E-state index is 0.192. The first-order chi connectivity index (χ1) is 11.7. The third kappa shape index (κ3) is 4.26. The second-order valence-corrected chi connectivity index (χ2v) is 8.32. The standard InChI is InChI=1S/C22H32O3/c1-6-13-22(14-7-2)15-17(23)18(20(24)25-22)19(21(3,4)5)16-11-9-8-10-12-16/h8-12,19,23H,6-7,13-15H2,1-5H3. The third-order valence-corrected chi connectivity index (χ3v) is 5.03. The zero-order valence-electron chi connectivity index (χ0n) is 16.3. The van der Waals surface area contributed by atoms with Crippen molar-refractivity contribution in [1.29, 1.82) is 0 Å². The Hall–Kier alpha value is -1.77. The lowest BCUT2D eigenvalue weighted by molar-refractivity contribution is -0.161. The van der Waals surface area contributed by atoms with Crippen molar-refractivity contribution in [3.05, 3.63) is 47.2 Å². The minimum Gasteiger partial charge on any atom is -0.512 e. The molecule has 1 N–H and O–H groups in total. The molecule has 25 heavy (non-hydrogen) atoms. The average Bonchev–Trinajstić information content (AvgIpc) is 2.51. The highest BCUT2D eigenvalue weighted by molar-refractivity contribution is 5.92. The zero-order chi connectivity index (χ0) is 18.7. The fourth-order valence-electron chi connectivity index (χ4n) is 4.15. The van der Waals surface area contributed by atoms with Gasteiger partial charge >= 0.3 is 5.97 Å². The molecule has 2 rings (SSSR count). The number of esters is 1. The van der Waals surface area contributed by atoms with Crippen LogP contribution in [0.1, 0.15) is 78.2 Å². The summed E-state index contributed by atoms with van der Waals surface area (Å²) in [5, 5.41) is 10.9. The molecule has 0 radical (unpaired) electrons. The second-order valence-electron chi connectivity index (χ2n) is 8.32. The van der Waals surface area contributed by atoms with Crippen LogP contribution >= 0.6 is 0 Å². The second kappa shape index (κ2) is 7.63. The van der Waals surface area contributed by atoms with Gasteiger partial charge < -0.3 is 9.84 Å². The van der Waals surface area contributed by atoms with Crippen LogP contribution in [0.5, 0.6) is 0 Å². The number of aliphatic hydroxyl groups excluding tert-OH is 1. The van der Waals surface area contributed by atoms with Crippen LogP contribution in [0, 0.1) is 5.41 Å². The number of benzene rings is 1. The summed E-state index contributed by atoms with van der Waals surface area (Å²) >= 11 is 0. The molecule has 0 saturated carbocycles. The van der Waals surface area contributed by atoms with E-state index in [2.05, 4.69) is 34.6 Å². The molecule has 1 unspecified atom stereocenters. The first-order valence-electron chi connectivity index (χ1n) is 9.44. The molecule has 1 heterocycles. The smallest absolute Gasteiger partial charge is 0.338 e. The molecule has 0 aromatic heterocycles. The van der Waals surface area contributed by atoms with Crippen molar-refractivity contribution in [3.63, 3.8) is 0 Å². The van der Waals surface area contributed by atoms with E-state index in [1.807, 2.05) is 30.3 Å². The lowest BCUT2D eigenvalue weighted by Gasteiger charge is -2.41. The van der Waals surface area contributed by atoms with Gasteiger partial charge in [-0.2, -0.15) is 0 Å². The van der Waals surface area contributed by atoms with E-state index in [1.54, 1.807) is 0 Å². The summed E-state index contributed by atoms with van der Waals surface area (Å²) < 4.78 is 5.98. The van der Waals surface area contributed by atoms with Gasteiger partial charge in [-0.15, -0.1) is 0 Å². The van der Waals surface area contributed by atoms with Gasteiger partial charge in [0.1, 0.15) is 11.4 Å². The number of ether oxygens (including phenoxy) is 1. The summed E-state index contributed by atoms with van der Waals surface area (Å²) in [5.74, 6) is -0.334. The van der Waals surface area contributed by atoms with E-state index >= 15 is 0 Å². The molecule has 1 aromatic carbocycles. The van der Waals surface area contributed by atoms with Crippen molar-refractivity contribution in [1.82, 2.24) is 0 Å². The molecule has 1 aliphatic heterocycles. The first kappa shape index (κ1) is 19.6. The average molecular weight is 344 g/mol. The van der Waals surface area contributed by atoms with E-state index in [1.165, 1.54) is 0 Å².